The first-order valence-electron chi connectivity index (χ1n) is 5.83. The van der Waals surface area contributed by atoms with Gasteiger partial charge in [-0.3, -0.25) is 4.79 Å². The molecule has 0 fully saturated rings. The Morgan fingerprint density at radius 1 is 1.22 bits per heavy atom. The first-order chi connectivity index (χ1) is 8.40. The van der Waals surface area contributed by atoms with Gasteiger partial charge in [-0.1, -0.05) is 13.8 Å². The molecular formula is C12H18N2O3S. The van der Waals surface area contributed by atoms with E-state index in [2.05, 4.69) is 4.72 Å². The number of amides is 1. The topological polar surface area (TPSA) is 89.3 Å². The summed E-state index contributed by atoms with van der Waals surface area (Å²) in [4.78, 5) is 11.8. The molecule has 0 unspecified atom stereocenters. The van der Waals surface area contributed by atoms with E-state index in [-0.39, 0.29) is 10.8 Å². The highest BCUT2D eigenvalue weighted by molar-refractivity contribution is 7.90. The molecule has 18 heavy (non-hydrogen) atoms. The second kappa shape index (κ2) is 5.86. The monoisotopic (exact) mass is 270 g/mol. The van der Waals surface area contributed by atoms with E-state index >= 15 is 0 Å². The number of nitrogens with one attached hydrogen (secondary N) is 1. The van der Waals surface area contributed by atoms with Gasteiger partial charge in [0.25, 0.3) is 10.0 Å². The van der Waals surface area contributed by atoms with Crippen LogP contribution in [0.25, 0.3) is 0 Å². The van der Waals surface area contributed by atoms with Gasteiger partial charge in [-0.25, -0.2) is 13.1 Å². The molecule has 0 bridgehead atoms. The van der Waals surface area contributed by atoms with Crippen molar-refractivity contribution in [2.24, 2.45) is 5.92 Å². The number of hydrogen-bond donors (Lipinski definition) is 2. The molecule has 0 atom stereocenters. The molecule has 1 amide bonds. The van der Waals surface area contributed by atoms with E-state index < -0.39 is 15.9 Å². The molecule has 0 heterocycles. The fraction of sp³-hybridized carbons (Fsp3) is 0.417. The molecular weight excluding hydrogens is 252 g/mol. The average molecular weight is 270 g/mol. The van der Waals surface area contributed by atoms with Crippen molar-refractivity contribution in [1.82, 2.24) is 4.72 Å². The average Bonchev–Trinajstić information content (AvgIpc) is 2.30. The number of sulfonamides is 1. The Morgan fingerprint density at radius 3 is 2.17 bits per heavy atom. The molecule has 0 aliphatic carbocycles. The summed E-state index contributed by atoms with van der Waals surface area (Å²) in [6.07, 6.45) is 1.22. The maximum absolute atomic E-state index is 11.9. The van der Waals surface area contributed by atoms with E-state index in [0.29, 0.717) is 18.5 Å². The molecule has 0 radical (unpaired) electrons. The third-order valence-corrected chi connectivity index (χ3v) is 4.14. The predicted molar refractivity (Wildman–Crippen MR) is 70.3 cm³/mol. The van der Waals surface area contributed by atoms with Gasteiger partial charge in [-0.05, 0) is 37.1 Å². The third-order valence-electron chi connectivity index (χ3n) is 2.78. The number of nitrogens with two attached hydrogens (primary N) is 1. The number of carbonyl (C=O) groups is 1. The lowest BCUT2D eigenvalue weighted by atomic mass is 10.0. The van der Waals surface area contributed by atoms with Crippen molar-refractivity contribution in [2.75, 3.05) is 5.73 Å². The number of rotatable bonds is 5. The first kappa shape index (κ1) is 14.5. The number of hydrogen-bond acceptors (Lipinski definition) is 4. The zero-order valence-electron chi connectivity index (χ0n) is 10.5. The van der Waals surface area contributed by atoms with Crippen molar-refractivity contribution in [3.63, 3.8) is 0 Å². The molecule has 3 N–H and O–H groups in total. The van der Waals surface area contributed by atoms with Gasteiger partial charge in [0.15, 0.2) is 0 Å². The number of nitrogen functional groups attached to an aromatic ring is 1. The Kier molecular flexibility index (Phi) is 4.72. The summed E-state index contributed by atoms with van der Waals surface area (Å²) in [6, 6.07) is 5.71. The minimum Gasteiger partial charge on any atom is -0.399 e. The highest BCUT2D eigenvalue weighted by atomic mass is 32.2. The number of carbonyl (C=O) groups excluding carboxylic acids is 1. The Hall–Kier alpha value is -1.56. The van der Waals surface area contributed by atoms with Crippen molar-refractivity contribution < 1.29 is 13.2 Å². The van der Waals surface area contributed by atoms with Crippen LogP contribution < -0.4 is 10.5 Å². The quantitative estimate of drug-likeness (QED) is 0.794. The van der Waals surface area contributed by atoms with Gasteiger partial charge < -0.3 is 5.73 Å². The van der Waals surface area contributed by atoms with Gasteiger partial charge in [-0.2, -0.15) is 0 Å². The molecule has 100 valence electrons. The number of benzene rings is 1. The van der Waals surface area contributed by atoms with Crippen LogP contribution >= 0.6 is 0 Å². The molecule has 1 aromatic carbocycles. The van der Waals surface area contributed by atoms with Crippen molar-refractivity contribution in [3.05, 3.63) is 24.3 Å². The molecule has 0 saturated heterocycles. The molecule has 6 heteroatoms. The minimum absolute atomic E-state index is 0.0380. The lowest BCUT2D eigenvalue weighted by molar-refractivity contribution is -0.123. The van der Waals surface area contributed by atoms with Gasteiger partial charge >= 0.3 is 0 Å². The zero-order chi connectivity index (χ0) is 13.8. The van der Waals surface area contributed by atoms with Crippen LogP contribution in [-0.2, 0) is 14.8 Å². The van der Waals surface area contributed by atoms with Crippen LogP contribution in [0, 0.1) is 5.92 Å². The van der Waals surface area contributed by atoms with E-state index in [4.69, 9.17) is 5.73 Å². The smallest absolute Gasteiger partial charge is 0.264 e. The van der Waals surface area contributed by atoms with Crippen LogP contribution in [0.3, 0.4) is 0 Å². The van der Waals surface area contributed by atoms with Crippen molar-refractivity contribution in [2.45, 2.75) is 31.6 Å². The summed E-state index contributed by atoms with van der Waals surface area (Å²) >= 11 is 0. The molecule has 0 aromatic heterocycles. The molecule has 5 nitrogen and oxygen atoms in total. The van der Waals surface area contributed by atoms with Crippen molar-refractivity contribution in [1.29, 1.82) is 0 Å². The first-order valence-corrected chi connectivity index (χ1v) is 7.31. The van der Waals surface area contributed by atoms with Crippen molar-refractivity contribution in [3.8, 4) is 0 Å². The van der Waals surface area contributed by atoms with E-state index in [9.17, 15) is 13.2 Å². The van der Waals surface area contributed by atoms with E-state index in [1.54, 1.807) is 0 Å². The normalized spacial score (nSPS) is 11.5. The van der Waals surface area contributed by atoms with Crippen LogP contribution in [0.4, 0.5) is 5.69 Å². The summed E-state index contributed by atoms with van der Waals surface area (Å²) in [5.41, 5.74) is 5.95. The maximum Gasteiger partial charge on any atom is 0.264 e. The zero-order valence-corrected chi connectivity index (χ0v) is 11.3. The Labute approximate surface area is 107 Å². The minimum atomic E-state index is -3.80. The predicted octanol–water partition coefficient (Wildman–Crippen LogP) is 1.51. The van der Waals surface area contributed by atoms with Crippen molar-refractivity contribution >= 4 is 21.6 Å². The standard InChI is InChI=1S/C12H18N2O3S/c1-3-9(4-2)12(15)14-18(16,17)11-7-5-10(13)6-8-11/h5-9H,3-4,13H2,1-2H3,(H,14,15). The van der Waals surface area contributed by atoms with Gasteiger partial charge in [0, 0.05) is 11.6 Å². The van der Waals surface area contributed by atoms with Crippen LogP contribution in [0.1, 0.15) is 26.7 Å². The molecule has 0 saturated carbocycles. The van der Waals surface area contributed by atoms with E-state index in [1.807, 2.05) is 13.8 Å². The van der Waals surface area contributed by atoms with Crippen LogP contribution in [0.5, 0.6) is 0 Å². The highest BCUT2D eigenvalue weighted by Gasteiger charge is 2.22. The summed E-state index contributed by atoms with van der Waals surface area (Å²) in [6.45, 7) is 3.70. The number of anilines is 1. The van der Waals surface area contributed by atoms with E-state index in [1.165, 1.54) is 24.3 Å². The summed E-state index contributed by atoms with van der Waals surface area (Å²) in [5, 5.41) is 0. The molecule has 0 aliphatic heterocycles. The maximum atomic E-state index is 11.9. The Morgan fingerprint density at radius 2 is 1.72 bits per heavy atom. The summed E-state index contributed by atoms with van der Waals surface area (Å²) in [5.74, 6) is -0.745. The summed E-state index contributed by atoms with van der Waals surface area (Å²) < 4.78 is 25.9. The molecule has 0 aliphatic rings. The van der Waals surface area contributed by atoms with Crippen LogP contribution in [0.15, 0.2) is 29.2 Å². The largest absolute Gasteiger partial charge is 0.399 e. The fourth-order valence-electron chi connectivity index (χ4n) is 1.58. The Balaban J connectivity index is 2.89. The SMILES string of the molecule is CCC(CC)C(=O)NS(=O)(=O)c1ccc(N)cc1. The van der Waals surface area contributed by atoms with Gasteiger partial charge in [0.2, 0.25) is 5.91 Å². The van der Waals surface area contributed by atoms with Crippen LogP contribution in [-0.4, -0.2) is 14.3 Å². The Bertz CT molecular complexity index is 505. The van der Waals surface area contributed by atoms with E-state index in [0.717, 1.165) is 0 Å². The lowest BCUT2D eigenvalue weighted by Gasteiger charge is -2.13. The highest BCUT2D eigenvalue weighted by Crippen LogP contribution is 2.13. The summed E-state index contributed by atoms with van der Waals surface area (Å²) in [7, 11) is -3.80. The lowest BCUT2D eigenvalue weighted by Crippen LogP contribution is -2.35. The second-order valence-corrected chi connectivity index (χ2v) is 5.73. The second-order valence-electron chi connectivity index (χ2n) is 4.05. The molecule has 1 aromatic rings. The fourth-order valence-corrected chi connectivity index (χ4v) is 2.62. The van der Waals surface area contributed by atoms with Gasteiger partial charge in [-0.15, -0.1) is 0 Å². The van der Waals surface area contributed by atoms with Gasteiger partial charge in [0.05, 0.1) is 4.90 Å². The molecule has 0 spiro atoms. The van der Waals surface area contributed by atoms with Crippen LogP contribution in [0.2, 0.25) is 0 Å². The van der Waals surface area contributed by atoms with Gasteiger partial charge in [0.1, 0.15) is 0 Å². The molecule has 1 rings (SSSR count). The third kappa shape index (κ3) is 3.46.